The molecule has 0 radical (unpaired) electrons. The minimum Gasteiger partial charge on any atom is -0.462 e. The summed E-state index contributed by atoms with van der Waals surface area (Å²) in [6, 6.07) is 0. The second-order valence-electron chi connectivity index (χ2n) is 24.5. The van der Waals surface area contributed by atoms with E-state index in [-0.39, 0.29) is 31.1 Å². The smallest absolute Gasteiger partial charge is 0.306 e. The van der Waals surface area contributed by atoms with Crippen molar-refractivity contribution in [2.45, 2.75) is 406 Å². The Bertz CT molecular complexity index is 1340. The van der Waals surface area contributed by atoms with Crippen LogP contribution in [0.5, 0.6) is 0 Å². The van der Waals surface area contributed by atoms with Gasteiger partial charge in [-0.15, -0.1) is 0 Å². The van der Waals surface area contributed by atoms with Crippen LogP contribution in [0.3, 0.4) is 0 Å². The van der Waals surface area contributed by atoms with E-state index >= 15 is 0 Å². The van der Waals surface area contributed by atoms with E-state index in [1.54, 1.807) is 0 Å². The highest BCUT2D eigenvalue weighted by molar-refractivity contribution is 5.71. The zero-order valence-corrected chi connectivity index (χ0v) is 54.1. The van der Waals surface area contributed by atoms with E-state index in [0.717, 1.165) is 77.0 Å². The molecule has 0 bridgehead atoms. The second-order valence-corrected chi connectivity index (χ2v) is 24.5. The van der Waals surface area contributed by atoms with Crippen molar-refractivity contribution in [3.63, 3.8) is 0 Å². The Morgan fingerprint density at radius 1 is 0.250 bits per heavy atom. The topological polar surface area (TPSA) is 78.9 Å². The van der Waals surface area contributed by atoms with Gasteiger partial charge in [-0.25, -0.2) is 0 Å². The van der Waals surface area contributed by atoms with E-state index in [2.05, 4.69) is 57.2 Å². The minimum absolute atomic E-state index is 0.0692. The number of rotatable bonds is 67. The molecule has 0 amide bonds. The lowest BCUT2D eigenvalue weighted by Gasteiger charge is -2.18. The van der Waals surface area contributed by atoms with E-state index in [0.29, 0.717) is 19.3 Å². The molecule has 6 heteroatoms. The fourth-order valence-electron chi connectivity index (χ4n) is 11.0. The normalized spacial score (nSPS) is 12.2. The van der Waals surface area contributed by atoms with Crippen molar-refractivity contribution in [1.82, 2.24) is 0 Å². The molecular weight excluding hydrogens is 985 g/mol. The van der Waals surface area contributed by atoms with Gasteiger partial charge in [0.15, 0.2) is 6.10 Å². The fourth-order valence-corrected chi connectivity index (χ4v) is 11.0. The third kappa shape index (κ3) is 66.4. The molecule has 0 rings (SSSR count). The zero-order chi connectivity index (χ0) is 57.8. The first-order valence-corrected chi connectivity index (χ1v) is 36.0. The SMILES string of the molecule is CCCCCCC/C=C\C/C=C\C/C=C\CCCCCCCCCCC(=O)OC(COC(=O)CCCCCCCCCCCCCCCC)COC(=O)CCCCCCCCCCCCCCCCCCCCCCCCCCC. The van der Waals surface area contributed by atoms with Gasteiger partial charge in [0.2, 0.25) is 0 Å². The molecule has 470 valence electrons. The van der Waals surface area contributed by atoms with Gasteiger partial charge in [0.25, 0.3) is 0 Å². The highest BCUT2D eigenvalue weighted by Gasteiger charge is 2.19. The lowest BCUT2D eigenvalue weighted by atomic mass is 10.0. The van der Waals surface area contributed by atoms with Crippen molar-refractivity contribution in [2.75, 3.05) is 13.2 Å². The Morgan fingerprint density at radius 2 is 0.450 bits per heavy atom. The average molecular weight is 1120 g/mol. The predicted molar refractivity (Wildman–Crippen MR) is 349 cm³/mol. The molecule has 0 aromatic rings. The molecule has 0 fully saturated rings. The molecule has 0 aliphatic heterocycles. The maximum Gasteiger partial charge on any atom is 0.306 e. The number of ether oxygens (including phenoxy) is 3. The molecular formula is C74H138O6. The zero-order valence-electron chi connectivity index (χ0n) is 54.1. The Hall–Kier alpha value is -2.37. The number of carbonyl (C=O) groups is 3. The summed E-state index contributed by atoms with van der Waals surface area (Å²) in [5.74, 6) is -0.845. The molecule has 6 nitrogen and oxygen atoms in total. The first kappa shape index (κ1) is 77.6. The van der Waals surface area contributed by atoms with Gasteiger partial charge in [0.1, 0.15) is 13.2 Å². The summed E-state index contributed by atoms with van der Waals surface area (Å²) in [6.45, 7) is 6.70. The van der Waals surface area contributed by atoms with Crippen LogP contribution < -0.4 is 0 Å². The molecule has 80 heavy (non-hydrogen) atoms. The number of unbranched alkanes of at least 4 members (excludes halogenated alkanes) is 50. The molecule has 1 unspecified atom stereocenters. The van der Waals surface area contributed by atoms with Crippen LogP contribution in [0.2, 0.25) is 0 Å². The number of carbonyl (C=O) groups excluding carboxylic acids is 3. The third-order valence-electron chi connectivity index (χ3n) is 16.4. The van der Waals surface area contributed by atoms with Crippen molar-refractivity contribution in [1.29, 1.82) is 0 Å². The molecule has 0 heterocycles. The number of allylic oxidation sites excluding steroid dienone is 6. The maximum atomic E-state index is 13.0. The van der Waals surface area contributed by atoms with Crippen LogP contribution in [0.25, 0.3) is 0 Å². The molecule has 0 aliphatic rings. The molecule has 0 spiro atoms. The van der Waals surface area contributed by atoms with Gasteiger partial charge < -0.3 is 14.2 Å². The Balaban J connectivity index is 4.26. The maximum absolute atomic E-state index is 13.0. The van der Waals surface area contributed by atoms with Crippen molar-refractivity contribution in [3.8, 4) is 0 Å². The largest absolute Gasteiger partial charge is 0.462 e. The quantitative estimate of drug-likeness (QED) is 0.0261. The van der Waals surface area contributed by atoms with E-state index in [9.17, 15) is 14.4 Å². The average Bonchev–Trinajstić information content (AvgIpc) is 3.46. The summed E-state index contributed by atoms with van der Waals surface area (Å²) in [5, 5.41) is 0. The third-order valence-corrected chi connectivity index (χ3v) is 16.4. The summed E-state index contributed by atoms with van der Waals surface area (Å²) in [6.07, 6.45) is 86.0. The van der Waals surface area contributed by atoms with E-state index < -0.39 is 6.10 Å². The van der Waals surface area contributed by atoms with Crippen LogP contribution in [-0.4, -0.2) is 37.2 Å². The van der Waals surface area contributed by atoms with Crippen molar-refractivity contribution in [3.05, 3.63) is 36.5 Å². The van der Waals surface area contributed by atoms with Gasteiger partial charge in [-0.1, -0.05) is 359 Å². The minimum atomic E-state index is -0.774. The van der Waals surface area contributed by atoms with E-state index in [1.165, 1.54) is 283 Å². The van der Waals surface area contributed by atoms with Crippen LogP contribution in [0, 0.1) is 0 Å². The molecule has 0 saturated heterocycles. The van der Waals surface area contributed by atoms with Gasteiger partial charge in [-0.05, 0) is 57.8 Å². The van der Waals surface area contributed by atoms with E-state index in [1.807, 2.05) is 0 Å². The van der Waals surface area contributed by atoms with Crippen molar-refractivity contribution < 1.29 is 28.6 Å². The summed E-state index contributed by atoms with van der Waals surface area (Å²) >= 11 is 0. The van der Waals surface area contributed by atoms with Crippen LogP contribution in [0.15, 0.2) is 36.5 Å². The molecule has 0 saturated carbocycles. The molecule has 1 atom stereocenters. The monoisotopic (exact) mass is 1120 g/mol. The summed E-state index contributed by atoms with van der Waals surface area (Å²) in [4.78, 5) is 38.5. The first-order valence-electron chi connectivity index (χ1n) is 36.0. The molecule has 0 aromatic heterocycles. The Kier molecular flexibility index (Phi) is 67.1. The molecule has 0 aliphatic carbocycles. The first-order chi connectivity index (χ1) is 39.5. The second kappa shape index (κ2) is 69.1. The van der Waals surface area contributed by atoms with Crippen LogP contribution >= 0.6 is 0 Å². The van der Waals surface area contributed by atoms with E-state index in [4.69, 9.17) is 14.2 Å². The lowest BCUT2D eigenvalue weighted by Crippen LogP contribution is -2.30. The Morgan fingerprint density at radius 3 is 0.700 bits per heavy atom. The highest BCUT2D eigenvalue weighted by atomic mass is 16.6. The van der Waals surface area contributed by atoms with Gasteiger partial charge in [-0.2, -0.15) is 0 Å². The van der Waals surface area contributed by atoms with Crippen LogP contribution in [0.4, 0.5) is 0 Å². The van der Waals surface area contributed by atoms with Crippen molar-refractivity contribution in [2.24, 2.45) is 0 Å². The predicted octanol–water partition coefficient (Wildman–Crippen LogP) is 24.7. The van der Waals surface area contributed by atoms with Gasteiger partial charge in [0.05, 0.1) is 0 Å². The standard InChI is InChI=1S/C74H138O6/c1-4-7-10-13-16-19-22-25-28-30-32-34-36-37-39-40-42-44-46-49-52-55-58-61-64-67-73(76)79-70-71(69-78-72(75)66-63-60-57-54-51-48-27-24-21-18-15-12-9-6-3)80-74(77)68-65-62-59-56-53-50-47-45-43-41-38-35-33-31-29-26-23-20-17-14-11-8-5-2/h23,26,31,33,38,41,71H,4-22,24-25,27-30,32,34-37,39-40,42-70H2,1-3H3/b26-23-,33-31-,41-38-. The number of hydrogen-bond donors (Lipinski definition) is 0. The summed E-state index contributed by atoms with van der Waals surface area (Å²) < 4.78 is 17.0. The van der Waals surface area contributed by atoms with Crippen LogP contribution in [0.1, 0.15) is 400 Å². The number of hydrogen-bond acceptors (Lipinski definition) is 6. The Labute approximate surface area is 499 Å². The summed E-state index contributed by atoms with van der Waals surface area (Å²) in [7, 11) is 0. The summed E-state index contributed by atoms with van der Waals surface area (Å²) in [5.41, 5.74) is 0. The lowest BCUT2D eigenvalue weighted by molar-refractivity contribution is -0.167. The van der Waals surface area contributed by atoms with Gasteiger partial charge in [-0.3, -0.25) is 14.4 Å². The van der Waals surface area contributed by atoms with Crippen LogP contribution in [-0.2, 0) is 28.6 Å². The van der Waals surface area contributed by atoms with Gasteiger partial charge in [0, 0.05) is 19.3 Å². The number of esters is 3. The van der Waals surface area contributed by atoms with Crippen molar-refractivity contribution >= 4 is 17.9 Å². The van der Waals surface area contributed by atoms with Gasteiger partial charge >= 0.3 is 17.9 Å². The molecule has 0 N–H and O–H groups in total. The molecule has 0 aromatic carbocycles. The fraction of sp³-hybridized carbons (Fsp3) is 0.878. The highest BCUT2D eigenvalue weighted by Crippen LogP contribution is 2.19.